The van der Waals surface area contributed by atoms with Crippen molar-refractivity contribution in [1.29, 1.82) is 0 Å². The molecule has 1 fully saturated rings. The van der Waals surface area contributed by atoms with Crippen LogP contribution in [0.2, 0.25) is 0 Å². The van der Waals surface area contributed by atoms with Crippen molar-refractivity contribution in [3.8, 4) is 0 Å². The third kappa shape index (κ3) is 3.11. The Hall–Kier alpha value is -0.880. The number of aromatic nitrogens is 2. The molecule has 2 rings (SSSR count). The van der Waals surface area contributed by atoms with E-state index in [4.69, 9.17) is 5.73 Å². The molecule has 4 N–H and O–H groups in total. The van der Waals surface area contributed by atoms with Crippen molar-refractivity contribution in [2.75, 3.05) is 18.4 Å². The number of H-pyrrole nitrogens is 1. The summed E-state index contributed by atoms with van der Waals surface area (Å²) in [4.78, 5) is 18.1. The van der Waals surface area contributed by atoms with E-state index in [2.05, 4.69) is 31.2 Å². The van der Waals surface area contributed by atoms with Crippen LogP contribution in [0.5, 0.6) is 0 Å². The number of nitrogens with two attached hydrogens (primary N) is 1. The minimum Gasteiger partial charge on any atom is -0.369 e. The fourth-order valence-corrected chi connectivity index (χ4v) is 2.95. The average molecular weight is 315 g/mol. The van der Waals surface area contributed by atoms with Gasteiger partial charge in [-0.2, -0.15) is 0 Å². The molecular weight excluding hydrogens is 296 g/mol. The van der Waals surface area contributed by atoms with Crippen LogP contribution in [0.25, 0.3) is 0 Å². The molecule has 1 aromatic rings. The van der Waals surface area contributed by atoms with Gasteiger partial charge in [-0.1, -0.05) is 12.8 Å². The lowest BCUT2D eigenvalue weighted by molar-refractivity contribution is 0.255. The van der Waals surface area contributed by atoms with Gasteiger partial charge in [-0.3, -0.25) is 4.79 Å². The molecule has 1 aliphatic carbocycles. The number of halogens is 1. The molecule has 2 atom stereocenters. The summed E-state index contributed by atoms with van der Waals surface area (Å²) in [5.41, 5.74) is 5.65. The van der Waals surface area contributed by atoms with Crippen molar-refractivity contribution in [1.82, 2.24) is 9.97 Å². The largest absolute Gasteiger partial charge is 0.369 e. The molecule has 5 nitrogen and oxygen atoms in total. The summed E-state index contributed by atoms with van der Waals surface area (Å²) in [6.45, 7) is 1.58. The van der Waals surface area contributed by atoms with Crippen LogP contribution in [0, 0.1) is 11.8 Å². The van der Waals surface area contributed by atoms with Gasteiger partial charge in [-0.25, -0.2) is 4.98 Å². The molecule has 2 unspecified atom stereocenters. The first-order valence-electron chi connectivity index (χ1n) is 6.39. The van der Waals surface area contributed by atoms with Crippen LogP contribution in [-0.4, -0.2) is 23.1 Å². The Morgan fingerprint density at radius 3 is 2.89 bits per heavy atom. The Bertz CT molecular complexity index is 448. The number of anilines is 1. The van der Waals surface area contributed by atoms with Gasteiger partial charge in [0, 0.05) is 6.54 Å². The zero-order valence-corrected chi connectivity index (χ0v) is 11.9. The van der Waals surface area contributed by atoms with Crippen LogP contribution < -0.4 is 16.6 Å². The van der Waals surface area contributed by atoms with E-state index in [9.17, 15) is 4.79 Å². The maximum absolute atomic E-state index is 11.4. The first-order valence-corrected chi connectivity index (χ1v) is 7.18. The molecule has 100 valence electrons. The second-order valence-corrected chi connectivity index (χ2v) is 5.61. The predicted octanol–water partition coefficient (Wildman–Crippen LogP) is 1.71. The van der Waals surface area contributed by atoms with Gasteiger partial charge >= 0.3 is 0 Å². The van der Waals surface area contributed by atoms with Gasteiger partial charge in [0.25, 0.3) is 5.56 Å². The monoisotopic (exact) mass is 314 g/mol. The van der Waals surface area contributed by atoms with Crippen molar-refractivity contribution in [3.63, 3.8) is 0 Å². The lowest BCUT2D eigenvalue weighted by Crippen LogP contribution is -2.31. The molecule has 18 heavy (non-hydrogen) atoms. The summed E-state index contributed by atoms with van der Waals surface area (Å²) in [7, 11) is 0. The topological polar surface area (TPSA) is 83.8 Å². The van der Waals surface area contributed by atoms with Crippen LogP contribution >= 0.6 is 15.9 Å². The highest BCUT2D eigenvalue weighted by Gasteiger charge is 2.23. The van der Waals surface area contributed by atoms with E-state index < -0.39 is 0 Å². The van der Waals surface area contributed by atoms with Gasteiger partial charge in [0.2, 0.25) is 0 Å². The van der Waals surface area contributed by atoms with Crippen LogP contribution in [0.15, 0.2) is 15.6 Å². The number of hydrogen-bond acceptors (Lipinski definition) is 4. The Balaban J connectivity index is 1.98. The zero-order chi connectivity index (χ0) is 13.0. The molecule has 0 radical (unpaired) electrons. The summed E-state index contributed by atoms with van der Waals surface area (Å²) in [6, 6.07) is 0. The molecule has 1 heterocycles. The van der Waals surface area contributed by atoms with Crippen LogP contribution in [0.1, 0.15) is 25.7 Å². The number of rotatable bonds is 4. The molecular formula is C12H19BrN4O. The van der Waals surface area contributed by atoms with Gasteiger partial charge in [0.1, 0.15) is 10.3 Å². The lowest BCUT2D eigenvalue weighted by Gasteiger charge is -2.30. The highest BCUT2D eigenvalue weighted by Crippen LogP contribution is 2.29. The normalized spacial score (nSPS) is 23.9. The highest BCUT2D eigenvalue weighted by molar-refractivity contribution is 9.10. The number of hydrogen-bond donors (Lipinski definition) is 3. The fraction of sp³-hybridized carbons (Fsp3) is 0.667. The molecule has 0 amide bonds. The molecule has 0 saturated heterocycles. The Labute approximate surface area is 115 Å². The summed E-state index contributed by atoms with van der Waals surface area (Å²) in [5, 5.41) is 3.25. The van der Waals surface area contributed by atoms with Crippen LogP contribution in [0.3, 0.4) is 0 Å². The van der Waals surface area contributed by atoms with Crippen molar-refractivity contribution in [2.45, 2.75) is 25.7 Å². The fourth-order valence-electron chi connectivity index (χ4n) is 2.60. The SMILES string of the molecule is NCC1CCCCC1CNc1nc[nH]c(=O)c1Br. The van der Waals surface area contributed by atoms with E-state index in [0.717, 1.165) is 13.1 Å². The quantitative estimate of drug-likeness (QED) is 0.790. The molecule has 0 aliphatic heterocycles. The molecule has 1 saturated carbocycles. The van der Waals surface area contributed by atoms with Crippen molar-refractivity contribution < 1.29 is 0 Å². The van der Waals surface area contributed by atoms with Crippen LogP contribution in [-0.2, 0) is 0 Å². The Morgan fingerprint density at radius 1 is 1.44 bits per heavy atom. The number of nitrogens with zero attached hydrogens (tertiary/aromatic N) is 1. The lowest BCUT2D eigenvalue weighted by atomic mass is 9.79. The molecule has 0 bridgehead atoms. The minimum atomic E-state index is -0.161. The maximum atomic E-state index is 11.4. The van der Waals surface area contributed by atoms with E-state index in [-0.39, 0.29) is 5.56 Å². The summed E-state index contributed by atoms with van der Waals surface area (Å²) < 4.78 is 0.463. The third-order valence-corrected chi connectivity index (χ3v) is 4.43. The Morgan fingerprint density at radius 2 is 2.17 bits per heavy atom. The van der Waals surface area contributed by atoms with Gasteiger partial charge in [-0.05, 0) is 47.2 Å². The first kappa shape index (κ1) is 13.5. The van der Waals surface area contributed by atoms with Gasteiger partial charge in [0.15, 0.2) is 0 Å². The molecule has 6 heteroatoms. The summed E-state index contributed by atoms with van der Waals surface area (Å²) in [6.07, 6.45) is 6.39. The van der Waals surface area contributed by atoms with Gasteiger partial charge in [0.05, 0.1) is 6.33 Å². The molecule has 0 spiro atoms. The number of aromatic amines is 1. The summed E-state index contributed by atoms with van der Waals surface area (Å²) in [5.74, 6) is 1.78. The van der Waals surface area contributed by atoms with Crippen LogP contribution in [0.4, 0.5) is 5.82 Å². The predicted molar refractivity (Wildman–Crippen MR) is 75.5 cm³/mol. The van der Waals surface area contributed by atoms with Gasteiger partial charge in [-0.15, -0.1) is 0 Å². The minimum absolute atomic E-state index is 0.161. The second-order valence-electron chi connectivity index (χ2n) is 4.82. The smallest absolute Gasteiger partial charge is 0.267 e. The molecule has 1 aromatic heterocycles. The standard InChI is InChI=1S/C12H19BrN4O/c13-10-11(16-7-17-12(10)18)15-6-9-4-2-1-3-8(9)5-14/h7-9H,1-6,14H2,(H2,15,16,17,18). The van der Waals surface area contributed by atoms with E-state index in [1.165, 1.54) is 32.0 Å². The second kappa shape index (κ2) is 6.33. The van der Waals surface area contributed by atoms with Crippen molar-refractivity contribution >= 4 is 21.7 Å². The highest BCUT2D eigenvalue weighted by atomic mass is 79.9. The number of nitrogens with one attached hydrogen (secondary N) is 2. The van der Waals surface area contributed by atoms with Gasteiger partial charge < -0.3 is 16.0 Å². The zero-order valence-electron chi connectivity index (χ0n) is 10.3. The summed E-state index contributed by atoms with van der Waals surface area (Å²) >= 11 is 3.24. The van der Waals surface area contributed by atoms with E-state index in [1.807, 2.05) is 0 Å². The van der Waals surface area contributed by atoms with Crippen molar-refractivity contribution in [2.24, 2.45) is 17.6 Å². The first-order chi connectivity index (χ1) is 8.72. The maximum Gasteiger partial charge on any atom is 0.267 e. The Kier molecular flexibility index (Phi) is 4.77. The van der Waals surface area contributed by atoms with E-state index in [1.54, 1.807) is 0 Å². The molecule has 1 aliphatic rings. The average Bonchev–Trinajstić information content (AvgIpc) is 2.41. The third-order valence-electron chi connectivity index (χ3n) is 3.70. The molecule has 0 aromatic carbocycles. The van der Waals surface area contributed by atoms with Crippen molar-refractivity contribution in [3.05, 3.63) is 21.2 Å². The van der Waals surface area contributed by atoms with E-state index >= 15 is 0 Å². The van der Waals surface area contributed by atoms with E-state index in [0.29, 0.717) is 22.1 Å².